The summed E-state index contributed by atoms with van der Waals surface area (Å²) in [7, 11) is 1.65. The molecule has 0 spiro atoms. The van der Waals surface area contributed by atoms with Gasteiger partial charge in [0.15, 0.2) is 17.3 Å². The minimum atomic E-state index is 0.424. The Kier molecular flexibility index (Phi) is 7.04. The lowest BCUT2D eigenvalue weighted by Gasteiger charge is -2.19. The molecular formula is C20H28N4O2S. The molecule has 0 amide bonds. The van der Waals surface area contributed by atoms with E-state index < -0.39 is 0 Å². The number of hydrogen-bond acceptors (Lipinski definition) is 5. The number of ether oxygens (including phenoxy) is 2. The minimum Gasteiger partial charge on any atom is -0.493 e. The molecule has 1 N–H and O–H groups in total. The standard InChI is InChI=1S/C20H28N4O2S/c1-3-4-12-26-17-11-10-15(13-18(17)25-2)14-21-24-19(22-23-20(24)27)16-8-6-5-7-9-16/h10-11,13-14,16H,3-9,12H2,1-2H3,(H,23,27)/b21-14-. The molecule has 3 rings (SSSR count). The normalized spacial score (nSPS) is 15.3. The number of unbranched alkanes of at least 4 members (excludes halogenated alkanes) is 1. The van der Waals surface area contributed by atoms with E-state index in [1.165, 1.54) is 19.3 Å². The lowest BCUT2D eigenvalue weighted by molar-refractivity contribution is 0.288. The number of aromatic nitrogens is 3. The Morgan fingerprint density at radius 2 is 2.11 bits per heavy atom. The highest BCUT2D eigenvalue weighted by atomic mass is 32.1. The zero-order valence-electron chi connectivity index (χ0n) is 16.1. The van der Waals surface area contributed by atoms with Gasteiger partial charge in [0.1, 0.15) is 0 Å². The second kappa shape index (κ2) is 9.69. The molecule has 0 aliphatic heterocycles. The van der Waals surface area contributed by atoms with Gasteiger partial charge in [0.05, 0.1) is 19.9 Å². The molecule has 27 heavy (non-hydrogen) atoms. The first-order valence-electron chi connectivity index (χ1n) is 9.75. The summed E-state index contributed by atoms with van der Waals surface area (Å²) in [5.41, 5.74) is 0.924. The molecule has 146 valence electrons. The molecule has 1 aliphatic rings. The van der Waals surface area contributed by atoms with Crippen LogP contribution in [0.4, 0.5) is 0 Å². The molecule has 1 aromatic heterocycles. The molecule has 1 aromatic carbocycles. The van der Waals surface area contributed by atoms with Crippen LogP contribution in [-0.4, -0.2) is 34.8 Å². The maximum Gasteiger partial charge on any atom is 0.216 e. The van der Waals surface area contributed by atoms with Crippen molar-refractivity contribution in [3.8, 4) is 11.5 Å². The number of methoxy groups -OCH3 is 1. The zero-order valence-corrected chi connectivity index (χ0v) is 16.9. The van der Waals surface area contributed by atoms with E-state index in [2.05, 4.69) is 22.2 Å². The van der Waals surface area contributed by atoms with Gasteiger partial charge in [-0.15, -0.1) is 0 Å². The Bertz CT molecular complexity index is 822. The predicted octanol–water partition coefficient (Wildman–Crippen LogP) is 5.06. The van der Waals surface area contributed by atoms with Crippen molar-refractivity contribution in [3.05, 3.63) is 34.4 Å². The fraction of sp³-hybridized carbons (Fsp3) is 0.550. The number of nitrogens with zero attached hydrogens (tertiary/aromatic N) is 3. The lowest BCUT2D eigenvalue weighted by Crippen LogP contribution is -2.10. The van der Waals surface area contributed by atoms with Gasteiger partial charge in [-0.05, 0) is 55.2 Å². The smallest absolute Gasteiger partial charge is 0.216 e. The number of rotatable bonds is 8. The summed E-state index contributed by atoms with van der Waals surface area (Å²) in [6.07, 6.45) is 9.99. The van der Waals surface area contributed by atoms with Gasteiger partial charge in [0, 0.05) is 5.92 Å². The lowest BCUT2D eigenvalue weighted by atomic mass is 9.89. The third-order valence-corrected chi connectivity index (χ3v) is 5.18. The first-order valence-corrected chi connectivity index (χ1v) is 10.2. The Hall–Kier alpha value is -2.15. The molecule has 0 atom stereocenters. The Morgan fingerprint density at radius 3 is 2.85 bits per heavy atom. The summed E-state index contributed by atoms with van der Waals surface area (Å²) in [6.45, 7) is 2.83. The molecule has 6 nitrogen and oxygen atoms in total. The van der Waals surface area contributed by atoms with E-state index >= 15 is 0 Å². The van der Waals surface area contributed by atoms with E-state index in [1.54, 1.807) is 18.0 Å². The molecule has 1 saturated carbocycles. The zero-order chi connectivity index (χ0) is 19.1. The molecule has 1 fully saturated rings. The van der Waals surface area contributed by atoms with Crippen molar-refractivity contribution < 1.29 is 9.47 Å². The average molecular weight is 389 g/mol. The fourth-order valence-corrected chi connectivity index (χ4v) is 3.56. The molecule has 0 bridgehead atoms. The van der Waals surface area contributed by atoms with E-state index in [0.29, 0.717) is 23.0 Å². The summed E-state index contributed by atoms with van der Waals surface area (Å²) < 4.78 is 13.5. The van der Waals surface area contributed by atoms with Crippen LogP contribution in [0.25, 0.3) is 0 Å². The molecule has 1 heterocycles. The number of aromatic amines is 1. The van der Waals surface area contributed by atoms with Gasteiger partial charge in [-0.3, -0.25) is 5.10 Å². The van der Waals surface area contributed by atoms with E-state index in [4.69, 9.17) is 21.7 Å². The van der Waals surface area contributed by atoms with Crippen molar-refractivity contribution in [3.63, 3.8) is 0 Å². The maximum atomic E-state index is 5.79. The van der Waals surface area contributed by atoms with Crippen LogP contribution in [0.1, 0.15) is 69.2 Å². The van der Waals surface area contributed by atoms with Crippen LogP contribution in [0.5, 0.6) is 11.5 Å². The Balaban J connectivity index is 1.78. The van der Waals surface area contributed by atoms with E-state index in [0.717, 1.165) is 42.8 Å². The van der Waals surface area contributed by atoms with Crippen LogP contribution in [-0.2, 0) is 0 Å². The van der Waals surface area contributed by atoms with Gasteiger partial charge in [-0.25, -0.2) is 0 Å². The monoisotopic (exact) mass is 388 g/mol. The topological polar surface area (TPSA) is 64.4 Å². The summed E-state index contributed by atoms with van der Waals surface area (Å²) in [6, 6.07) is 5.82. The van der Waals surface area contributed by atoms with Gasteiger partial charge in [-0.2, -0.15) is 14.9 Å². The summed E-state index contributed by atoms with van der Waals surface area (Å²) in [4.78, 5) is 0. The first-order chi connectivity index (χ1) is 13.2. The van der Waals surface area contributed by atoms with Crippen LogP contribution in [0.2, 0.25) is 0 Å². The number of hydrogen-bond donors (Lipinski definition) is 1. The van der Waals surface area contributed by atoms with E-state index in [9.17, 15) is 0 Å². The third-order valence-electron chi connectivity index (χ3n) is 4.91. The van der Waals surface area contributed by atoms with Crippen molar-refractivity contribution in [2.75, 3.05) is 13.7 Å². The van der Waals surface area contributed by atoms with Crippen LogP contribution >= 0.6 is 12.2 Å². The summed E-state index contributed by atoms with van der Waals surface area (Å²) >= 11 is 5.37. The molecule has 2 aromatic rings. The van der Waals surface area contributed by atoms with Gasteiger partial charge in [0.2, 0.25) is 4.77 Å². The van der Waals surface area contributed by atoms with Crippen molar-refractivity contribution in [2.24, 2.45) is 5.10 Å². The highest BCUT2D eigenvalue weighted by Gasteiger charge is 2.21. The number of benzene rings is 1. The molecule has 0 radical (unpaired) electrons. The molecule has 1 aliphatic carbocycles. The van der Waals surface area contributed by atoms with E-state index in [-0.39, 0.29) is 0 Å². The first kappa shape index (κ1) is 19.6. The molecule has 7 heteroatoms. The van der Waals surface area contributed by atoms with Gasteiger partial charge in [0.25, 0.3) is 0 Å². The highest BCUT2D eigenvalue weighted by Crippen LogP contribution is 2.31. The third kappa shape index (κ3) is 4.97. The van der Waals surface area contributed by atoms with E-state index in [1.807, 2.05) is 18.2 Å². The van der Waals surface area contributed by atoms with Crippen LogP contribution in [0.3, 0.4) is 0 Å². The highest BCUT2D eigenvalue weighted by molar-refractivity contribution is 7.71. The van der Waals surface area contributed by atoms with Crippen molar-refractivity contribution in [2.45, 2.75) is 57.8 Å². The molecule has 0 unspecified atom stereocenters. The van der Waals surface area contributed by atoms with Crippen molar-refractivity contribution in [1.82, 2.24) is 14.9 Å². The largest absolute Gasteiger partial charge is 0.493 e. The fourth-order valence-electron chi connectivity index (χ4n) is 3.38. The molecular weight excluding hydrogens is 360 g/mol. The Morgan fingerprint density at radius 1 is 1.30 bits per heavy atom. The van der Waals surface area contributed by atoms with Crippen molar-refractivity contribution >= 4 is 18.4 Å². The number of H-pyrrole nitrogens is 1. The average Bonchev–Trinajstić information content (AvgIpc) is 3.08. The van der Waals surface area contributed by atoms with Crippen molar-refractivity contribution in [1.29, 1.82) is 0 Å². The second-order valence-electron chi connectivity index (χ2n) is 6.89. The SMILES string of the molecule is CCCCOc1ccc(/C=N\n2c(C3CCCCC3)n[nH]c2=S)cc1OC. The van der Waals surface area contributed by atoms with Crippen LogP contribution in [0, 0.1) is 4.77 Å². The second-order valence-corrected chi connectivity index (χ2v) is 7.28. The summed E-state index contributed by atoms with van der Waals surface area (Å²) in [5, 5.41) is 11.9. The maximum absolute atomic E-state index is 5.79. The quantitative estimate of drug-likeness (QED) is 0.390. The minimum absolute atomic E-state index is 0.424. The van der Waals surface area contributed by atoms with Gasteiger partial charge < -0.3 is 9.47 Å². The van der Waals surface area contributed by atoms with Crippen LogP contribution in [0.15, 0.2) is 23.3 Å². The van der Waals surface area contributed by atoms with Gasteiger partial charge in [-0.1, -0.05) is 32.6 Å². The van der Waals surface area contributed by atoms with Gasteiger partial charge >= 0.3 is 0 Å². The molecule has 0 saturated heterocycles. The Labute approximate surface area is 165 Å². The summed E-state index contributed by atoms with van der Waals surface area (Å²) in [5.74, 6) is 2.82. The predicted molar refractivity (Wildman–Crippen MR) is 110 cm³/mol. The van der Waals surface area contributed by atoms with Crippen LogP contribution < -0.4 is 9.47 Å². The number of nitrogens with one attached hydrogen (secondary N) is 1.